The van der Waals surface area contributed by atoms with Crippen molar-refractivity contribution < 1.29 is 27.4 Å². The molecule has 1 aliphatic rings. The van der Waals surface area contributed by atoms with Crippen LogP contribution in [0.2, 0.25) is 0 Å². The number of aromatic nitrogens is 1. The van der Waals surface area contributed by atoms with Crippen molar-refractivity contribution in [1.82, 2.24) is 9.47 Å². The molecule has 0 saturated heterocycles. The van der Waals surface area contributed by atoms with E-state index in [1.165, 1.54) is 12.1 Å². The summed E-state index contributed by atoms with van der Waals surface area (Å²) in [7, 11) is 4.71. The van der Waals surface area contributed by atoms with Crippen LogP contribution in [0.4, 0.5) is 13.2 Å². The molecule has 0 N–H and O–H groups in total. The standard InChI is InChI=1S/C25H27F3N2O3/c1-31-21-15-23(33-3)22(32-2)14-18(21)16-30-12-6-11-29-10-5-9-20(29)24(30)17-7-4-8-19(13-17)25(26,27)28/h4-5,7-10,13-15,24H,6,11-12,16H2,1-3H3. The molecular weight excluding hydrogens is 433 g/mol. The van der Waals surface area contributed by atoms with Crippen LogP contribution >= 0.6 is 0 Å². The number of nitrogens with zero attached hydrogens (tertiary/aromatic N) is 2. The monoisotopic (exact) mass is 460 g/mol. The van der Waals surface area contributed by atoms with E-state index in [1.807, 2.05) is 24.4 Å². The highest BCUT2D eigenvalue weighted by Crippen LogP contribution is 2.39. The fourth-order valence-corrected chi connectivity index (χ4v) is 4.51. The Morgan fingerprint density at radius 1 is 0.879 bits per heavy atom. The molecule has 0 saturated carbocycles. The Labute approximate surface area is 191 Å². The largest absolute Gasteiger partial charge is 0.496 e. The molecule has 0 amide bonds. The molecule has 1 aliphatic heterocycles. The van der Waals surface area contributed by atoms with E-state index in [0.29, 0.717) is 35.9 Å². The zero-order valence-corrected chi connectivity index (χ0v) is 18.9. The number of hydrogen-bond donors (Lipinski definition) is 0. The van der Waals surface area contributed by atoms with Crippen LogP contribution in [-0.4, -0.2) is 37.3 Å². The SMILES string of the molecule is COc1cc(OC)c(OC)cc1CN1CCCn2cccc2C1c1cccc(C(F)(F)F)c1. The zero-order valence-electron chi connectivity index (χ0n) is 18.9. The zero-order chi connectivity index (χ0) is 23.6. The van der Waals surface area contributed by atoms with Crippen molar-refractivity contribution in [2.75, 3.05) is 27.9 Å². The minimum Gasteiger partial charge on any atom is -0.496 e. The summed E-state index contributed by atoms with van der Waals surface area (Å²) in [6.07, 6.45) is -1.55. The lowest BCUT2D eigenvalue weighted by Gasteiger charge is -2.31. The Kier molecular flexibility index (Phi) is 6.56. The van der Waals surface area contributed by atoms with E-state index in [9.17, 15) is 13.2 Å². The number of fused-ring (bicyclic) bond motifs is 1. The second kappa shape index (κ2) is 9.39. The molecule has 33 heavy (non-hydrogen) atoms. The minimum atomic E-state index is -4.40. The number of benzene rings is 2. The third-order valence-corrected chi connectivity index (χ3v) is 6.04. The molecule has 5 nitrogen and oxygen atoms in total. The third-order valence-electron chi connectivity index (χ3n) is 6.04. The minimum absolute atomic E-state index is 0.345. The topological polar surface area (TPSA) is 35.9 Å². The number of halogens is 3. The van der Waals surface area contributed by atoms with E-state index in [4.69, 9.17) is 14.2 Å². The average Bonchev–Trinajstić information content (AvgIpc) is 3.19. The summed E-state index contributed by atoms with van der Waals surface area (Å²) in [4.78, 5) is 2.19. The summed E-state index contributed by atoms with van der Waals surface area (Å²) in [5, 5.41) is 0. The van der Waals surface area contributed by atoms with Gasteiger partial charge in [-0.3, -0.25) is 4.90 Å². The van der Waals surface area contributed by atoms with Crippen molar-refractivity contribution in [2.24, 2.45) is 0 Å². The van der Waals surface area contributed by atoms with Crippen molar-refractivity contribution in [3.05, 3.63) is 77.1 Å². The van der Waals surface area contributed by atoms with Gasteiger partial charge in [0.2, 0.25) is 0 Å². The van der Waals surface area contributed by atoms with Crippen molar-refractivity contribution in [2.45, 2.75) is 31.7 Å². The van der Waals surface area contributed by atoms with Crippen molar-refractivity contribution in [3.8, 4) is 17.2 Å². The fourth-order valence-electron chi connectivity index (χ4n) is 4.51. The van der Waals surface area contributed by atoms with E-state index in [0.717, 1.165) is 30.3 Å². The number of methoxy groups -OCH3 is 3. The number of alkyl halides is 3. The summed E-state index contributed by atoms with van der Waals surface area (Å²) < 4.78 is 59.0. The molecule has 1 unspecified atom stereocenters. The normalized spacial score (nSPS) is 16.7. The van der Waals surface area contributed by atoms with Gasteiger partial charge >= 0.3 is 6.18 Å². The van der Waals surface area contributed by atoms with Crippen LogP contribution in [0.25, 0.3) is 0 Å². The molecule has 1 aromatic heterocycles. The van der Waals surface area contributed by atoms with Gasteiger partial charge in [-0.15, -0.1) is 0 Å². The second-order valence-electron chi connectivity index (χ2n) is 8.00. The highest BCUT2D eigenvalue weighted by atomic mass is 19.4. The maximum Gasteiger partial charge on any atom is 0.416 e. The predicted octanol–water partition coefficient (Wildman–Crippen LogP) is 5.53. The molecule has 0 radical (unpaired) electrons. The van der Waals surface area contributed by atoms with Gasteiger partial charge in [0.05, 0.1) is 32.9 Å². The van der Waals surface area contributed by atoms with Gasteiger partial charge < -0.3 is 18.8 Å². The Morgan fingerprint density at radius 2 is 1.61 bits per heavy atom. The summed E-state index contributed by atoms with van der Waals surface area (Å²) in [5.41, 5.74) is 1.79. The lowest BCUT2D eigenvalue weighted by Crippen LogP contribution is -2.30. The maximum absolute atomic E-state index is 13.5. The van der Waals surface area contributed by atoms with Gasteiger partial charge in [0.1, 0.15) is 5.75 Å². The number of ether oxygens (including phenoxy) is 3. The van der Waals surface area contributed by atoms with Gasteiger partial charge in [0, 0.05) is 43.2 Å². The van der Waals surface area contributed by atoms with Gasteiger partial charge in [0.15, 0.2) is 11.5 Å². The second-order valence-corrected chi connectivity index (χ2v) is 8.00. The molecule has 1 atom stereocenters. The Hall–Kier alpha value is -3.13. The van der Waals surface area contributed by atoms with E-state index >= 15 is 0 Å². The first kappa shape index (κ1) is 23.0. The van der Waals surface area contributed by atoms with Gasteiger partial charge in [-0.2, -0.15) is 13.2 Å². The lowest BCUT2D eigenvalue weighted by atomic mass is 9.98. The first-order chi connectivity index (χ1) is 15.9. The molecule has 0 bridgehead atoms. The number of hydrogen-bond acceptors (Lipinski definition) is 4. The number of rotatable bonds is 6. The fraction of sp³-hybridized carbons (Fsp3) is 0.360. The van der Waals surface area contributed by atoms with Crippen LogP contribution < -0.4 is 14.2 Å². The van der Waals surface area contributed by atoms with Crippen LogP contribution in [0.1, 0.15) is 34.8 Å². The molecule has 0 spiro atoms. The summed E-state index contributed by atoms with van der Waals surface area (Å²) in [6.45, 7) is 1.98. The van der Waals surface area contributed by atoms with Crippen LogP contribution in [0.15, 0.2) is 54.7 Å². The summed E-state index contributed by atoms with van der Waals surface area (Å²) in [5.74, 6) is 1.76. The number of aryl methyl sites for hydroxylation is 1. The highest BCUT2D eigenvalue weighted by Gasteiger charge is 2.33. The van der Waals surface area contributed by atoms with Crippen molar-refractivity contribution in [1.29, 1.82) is 0 Å². The Bertz CT molecular complexity index is 1110. The molecule has 4 rings (SSSR count). The van der Waals surface area contributed by atoms with Crippen molar-refractivity contribution in [3.63, 3.8) is 0 Å². The molecule has 3 aromatic rings. The average molecular weight is 460 g/mol. The maximum atomic E-state index is 13.5. The summed E-state index contributed by atoms with van der Waals surface area (Å²) >= 11 is 0. The van der Waals surface area contributed by atoms with E-state index in [-0.39, 0.29) is 6.04 Å². The predicted molar refractivity (Wildman–Crippen MR) is 119 cm³/mol. The first-order valence-electron chi connectivity index (χ1n) is 10.7. The van der Waals surface area contributed by atoms with Crippen LogP contribution in [0.5, 0.6) is 17.2 Å². The van der Waals surface area contributed by atoms with Gasteiger partial charge in [-0.25, -0.2) is 0 Å². The van der Waals surface area contributed by atoms with Crippen LogP contribution in [-0.2, 0) is 19.3 Å². The smallest absolute Gasteiger partial charge is 0.416 e. The first-order valence-corrected chi connectivity index (χ1v) is 10.7. The summed E-state index contributed by atoms with van der Waals surface area (Å²) in [6, 6.07) is 12.8. The lowest BCUT2D eigenvalue weighted by molar-refractivity contribution is -0.137. The molecule has 176 valence electrons. The van der Waals surface area contributed by atoms with Crippen LogP contribution in [0, 0.1) is 0 Å². The third kappa shape index (κ3) is 4.66. The Balaban J connectivity index is 1.79. The van der Waals surface area contributed by atoms with Gasteiger partial charge in [-0.05, 0) is 42.3 Å². The van der Waals surface area contributed by atoms with Crippen molar-refractivity contribution >= 4 is 0 Å². The molecule has 8 heteroatoms. The van der Waals surface area contributed by atoms with E-state index < -0.39 is 11.7 Å². The molecule has 2 aromatic carbocycles. The quantitative estimate of drug-likeness (QED) is 0.485. The molecular formula is C25H27F3N2O3. The Morgan fingerprint density at radius 3 is 2.30 bits per heavy atom. The van der Waals surface area contributed by atoms with Gasteiger partial charge in [0.25, 0.3) is 0 Å². The van der Waals surface area contributed by atoms with Gasteiger partial charge in [-0.1, -0.05) is 12.1 Å². The molecule has 0 fully saturated rings. The molecule has 2 heterocycles. The van der Waals surface area contributed by atoms with E-state index in [2.05, 4.69) is 9.47 Å². The highest BCUT2D eigenvalue weighted by molar-refractivity contribution is 5.51. The molecule has 0 aliphatic carbocycles. The van der Waals surface area contributed by atoms with E-state index in [1.54, 1.807) is 33.5 Å². The van der Waals surface area contributed by atoms with Crippen LogP contribution in [0.3, 0.4) is 0 Å².